The molecule has 1 aromatic rings. The number of hydrogen-bond acceptors (Lipinski definition) is 3. The Balaban J connectivity index is 2.26. The Morgan fingerprint density at radius 2 is 2.54 bits per heavy atom. The van der Waals surface area contributed by atoms with Gasteiger partial charge in [0.1, 0.15) is 0 Å². The molecule has 0 fully saturated rings. The Bertz CT molecular complexity index is 257. The van der Waals surface area contributed by atoms with Gasteiger partial charge in [-0.05, 0) is 24.8 Å². The van der Waals surface area contributed by atoms with E-state index < -0.39 is 0 Å². The van der Waals surface area contributed by atoms with E-state index in [1.165, 1.54) is 0 Å². The van der Waals surface area contributed by atoms with Crippen LogP contribution in [-0.2, 0) is 4.79 Å². The van der Waals surface area contributed by atoms with Gasteiger partial charge in [-0.25, -0.2) is 0 Å². The van der Waals surface area contributed by atoms with E-state index in [4.69, 9.17) is 5.73 Å². The molecule has 72 valence electrons. The van der Waals surface area contributed by atoms with E-state index in [2.05, 4.69) is 5.32 Å². The number of anilines is 1. The third-order valence-corrected chi connectivity index (χ3v) is 2.31. The molecule has 0 radical (unpaired) electrons. The predicted molar refractivity (Wildman–Crippen MR) is 55.8 cm³/mol. The lowest BCUT2D eigenvalue weighted by molar-refractivity contribution is -0.116. The number of thiophene rings is 1. The van der Waals surface area contributed by atoms with Gasteiger partial charge in [0.25, 0.3) is 0 Å². The molecule has 0 saturated carbocycles. The number of nitrogens with two attached hydrogens (primary N) is 1. The van der Waals surface area contributed by atoms with Crippen LogP contribution < -0.4 is 11.1 Å². The lowest BCUT2D eigenvalue weighted by Gasteiger charge is -2.04. The molecule has 0 aliphatic carbocycles. The van der Waals surface area contributed by atoms with Gasteiger partial charge in [-0.3, -0.25) is 4.79 Å². The summed E-state index contributed by atoms with van der Waals surface area (Å²) in [5.41, 5.74) is 6.41. The van der Waals surface area contributed by atoms with E-state index in [9.17, 15) is 4.79 Å². The number of hydrogen-bond donors (Lipinski definition) is 2. The van der Waals surface area contributed by atoms with Gasteiger partial charge >= 0.3 is 0 Å². The minimum atomic E-state index is 0.0377. The molecule has 1 unspecified atom stereocenters. The van der Waals surface area contributed by atoms with Crippen molar-refractivity contribution >= 4 is 22.9 Å². The van der Waals surface area contributed by atoms with Crippen molar-refractivity contribution in [2.24, 2.45) is 5.73 Å². The first kappa shape index (κ1) is 10.2. The van der Waals surface area contributed by atoms with Gasteiger partial charge in [-0.2, -0.15) is 11.3 Å². The minimum absolute atomic E-state index is 0.0377. The molecule has 0 bridgehead atoms. The van der Waals surface area contributed by atoms with E-state index in [1.807, 2.05) is 23.8 Å². The Morgan fingerprint density at radius 1 is 1.77 bits per heavy atom. The van der Waals surface area contributed by atoms with Crippen LogP contribution in [0, 0.1) is 0 Å². The number of carbonyl (C=O) groups excluding carboxylic acids is 1. The topological polar surface area (TPSA) is 55.1 Å². The highest BCUT2D eigenvalue weighted by atomic mass is 32.1. The van der Waals surface area contributed by atoms with Crippen LogP contribution in [-0.4, -0.2) is 11.9 Å². The van der Waals surface area contributed by atoms with E-state index in [-0.39, 0.29) is 11.9 Å². The SMILES string of the molecule is CC(N)CCC(=O)Nc1ccsc1. The molecule has 1 rings (SSSR count). The lowest BCUT2D eigenvalue weighted by Crippen LogP contribution is -2.19. The lowest BCUT2D eigenvalue weighted by atomic mass is 10.2. The fourth-order valence-electron chi connectivity index (χ4n) is 0.918. The van der Waals surface area contributed by atoms with E-state index in [0.717, 1.165) is 12.1 Å². The Labute approximate surface area is 81.9 Å². The summed E-state index contributed by atoms with van der Waals surface area (Å²) in [5, 5.41) is 6.63. The minimum Gasteiger partial charge on any atom is -0.328 e. The molecule has 0 saturated heterocycles. The molecule has 0 aromatic carbocycles. The maximum Gasteiger partial charge on any atom is 0.224 e. The molecular formula is C9H14N2OS. The quantitative estimate of drug-likeness (QED) is 0.775. The number of amides is 1. The van der Waals surface area contributed by atoms with Crippen molar-refractivity contribution in [2.45, 2.75) is 25.8 Å². The van der Waals surface area contributed by atoms with Crippen molar-refractivity contribution in [3.8, 4) is 0 Å². The first-order valence-corrected chi connectivity index (χ1v) is 5.20. The molecule has 0 spiro atoms. The van der Waals surface area contributed by atoms with E-state index in [0.29, 0.717) is 6.42 Å². The molecule has 13 heavy (non-hydrogen) atoms. The first-order valence-electron chi connectivity index (χ1n) is 4.26. The van der Waals surface area contributed by atoms with Gasteiger partial charge in [-0.1, -0.05) is 0 Å². The molecule has 1 atom stereocenters. The summed E-state index contributed by atoms with van der Waals surface area (Å²) < 4.78 is 0. The second-order valence-corrected chi connectivity index (χ2v) is 3.86. The van der Waals surface area contributed by atoms with Crippen LogP contribution >= 0.6 is 11.3 Å². The van der Waals surface area contributed by atoms with Gasteiger partial charge in [0, 0.05) is 17.8 Å². The summed E-state index contributed by atoms with van der Waals surface area (Å²) in [6.45, 7) is 1.90. The van der Waals surface area contributed by atoms with Crippen molar-refractivity contribution in [3.05, 3.63) is 16.8 Å². The summed E-state index contributed by atoms with van der Waals surface area (Å²) in [6.07, 6.45) is 1.23. The largest absolute Gasteiger partial charge is 0.328 e. The monoisotopic (exact) mass is 198 g/mol. The molecule has 1 amide bonds. The standard InChI is InChI=1S/C9H14N2OS/c1-7(10)2-3-9(12)11-8-4-5-13-6-8/h4-7H,2-3,10H2,1H3,(H,11,12). The Morgan fingerprint density at radius 3 is 3.08 bits per heavy atom. The third-order valence-electron chi connectivity index (χ3n) is 1.63. The molecular weight excluding hydrogens is 184 g/mol. The number of carbonyl (C=O) groups is 1. The maximum absolute atomic E-state index is 11.3. The van der Waals surface area contributed by atoms with Gasteiger partial charge in [-0.15, -0.1) is 0 Å². The number of rotatable bonds is 4. The summed E-state index contributed by atoms with van der Waals surface area (Å²) in [4.78, 5) is 11.3. The summed E-state index contributed by atoms with van der Waals surface area (Å²) in [6, 6.07) is 1.97. The maximum atomic E-state index is 11.3. The van der Waals surface area contributed by atoms with Crippen LogP contribution in [0.2, 0.25) is 0 Å². The average Bonchev–Trinajstić information content (AvgIpc) is 2.53. The molecule has 3 nitrogen and oxygen atoms in total. The van der Waals surface area contributed by atoms with Gasteiger partial charge in [0.05, 0.1) is 5.69 Å². The van der Waals surface area contributed by atoms with E-state index in [1.54, 1.807) is 11.3 Å². The zero-order valence-electron chi connectivity index (χ0n) is 7.62. The molecule has 1 heterocycles. The van der Waals surface area contributed by atoms with Gasteiger partial charge < -0.3 is 11.1 Å². The van der Waals surface area contributed by atoms with Crippen molar-refractivity contribution < 1.29 is 4.79 Å². The highest BCUT2D eigenvalue weighted by Crippen LogP contribution is 2.12. The van der Waals surface area contributed by atoms with E-state index >= 15 is 0 Å². The smallest absolute Gasteiger partial charge is 0.224 e. The van der Waals surface area contributed by atoms with Crippen LogP contribution in [0.3, 0.4) is 0 Å². The number of nitrogens with one attached hydrogen (secondary N) is 1. The van der Waals surface area contributed by atoms with Gasteiger partial charge in [0.2, 0.25) is 5.91 Å². The molecule has 1 aromatic heterocycles. The van der Waals surface area contributed by atoms with Gasteiger partial charge in [0.15, 0.2) is 0 Å². The highest BCUT2D eigenvalue weighted by Gasteiger charge is 2.03. The van der Waals surface area contributed by atoms with Crippen molar-refractivity contribution in [1.82, 2.24) is 0 Å². The summed E-state index contributed by atoms with van der Waals surface area (Å²) >= 11 is 1.57. The summed E-state index contributed by atoms with van der Waals surface area (Å²) in [7, 11) is 0. The normalized spacial score (nSPS) is 12.5. The Kier molecular flexibility index (Phi) is 3.92. The van der Waals surface area contributed by atoms with Crippen LogP contribution in [0.1, 0.15) is 19.8 Å². The summed E-state index contributed by atoms with van der Waals surface area (Å²) in [5.74, 6) is 0.0377. The second kappa shape index (κ2) is 4.99. The fraction of sp³-hybridized carbons (Fsp3) is 0.444. The molecule has 0 aliphatic heterocycles. The molecule has 0 aliphatic rings. The molecule has 3 N–H and O–H groups in total. The fourth-order valence-corrected chi connectivity index (χ4v) is 1.51. The van der Waals surface area contributed by atoms with Crippen molar-refractivity contribution in [1.29, 1.82) is 0 Å². The van der Waals surface area contributed by atoms with Crippen LogP contribution in [0.25, 0.3) is 0 Å². The zero-order chi connectivity index (χ0) is 9.68. The van der Waals surface area contributed by atoms with Crippen LogP contribution in [0.15, 0.2) is 16.8 Å². The Hall–Kier alpha value is -0.870. The van der Waals surface area contributed by atoms with Crippen molar-refractivity contribution in [3.63, 3.8) is 0 Å². The van der Waals surface area contributed by atoms with Crippen molar-refractivity contribution in [2.75, 3.05) is 5.32 Å². The second-order valence-electron chi connectivity index (χ2n) is 3.08. The zero-order valence-corrected chi connectivity index (χ0v) is 8.43. The van der Waals surface area contributed by atoms with Crippen LogP contribution in [0.5, 0.6) is 0 Å². The predicted octanol–water partition coefficient (Wildman–Crippen LogP) is 1.81. The average molecular weight is 198 g/mol. The third kappa shape index (κ3) is 4.05. The highest BCUT2D eigenvalue weighted by molar-refractivity contribution is 7.08. The first-order chi connectivity index (χ1) is 6.18. The van der Waals surface area contributed by atoms with Crippen LogP contribution in [0.4, 0.5) is 5.69 Å². The molecule has 4 heteroatoms.